The van der Waals surface area contributed by atoms with Gasteiger partial charge in [0.25, 0.3) is 0 Å². The van der Waals surface area contributed by atoms with Crippen molar-refractivity contribution in [1.29, 1.82) is 0 Å². The monoisotopic (exact) mass is 150 g/mol. The van der Waals surface area contributed by atoms with Gasteiger partial charge in [-0.05, 0) is 0 Å². The second kappa shape index (κ2) is 5.61. The van der Waals surface area contributed by atoms with Crippen LogP contribution < -0.4 is 0 Å². The van der Waals surface area contributed by atoms with Crippen LogP contribution in [0, 0.1) is 11.8 Å². The Morgan fingerprint density at radius 3 is 0.900 bits per heavy atom. The van der Waals surface area contributed by atoms with Gasteiger partial charge in [0.1, 0.15) is 0 Å². The van der Waals surface area contributed by atoms with Crippen LogP contribution in [0.3, 0.4) is 0 Å². The molecule has 0 aromatic carbocycles. The molecule has 4 nitrogen and oxygen atoms in total. The Balaban J connectivity index is 3.70. The molecule has 0 rings (SSSR count). The van der Waals surface area contributed by atoms with Gasteiger partial charge in [-0.2, -0.15) is 0 Å². The van der Waals surface area contributed by atoms with Gasteiger partial charge in [-0.1, -0.05) is 0 Å². The maximum atomic E-state index is 8.58. The summed E-state index contributed by atoms with van der Waals surface area (Å²) >= 11 is 0. The van der Waals surface area contributed by atoms with Crippen molar-refractivity contribution >= 4 is 0 Å². The first kappa shape index (κ1) is 9.84. The molecule has 0 amide bonds. The molecule has 0 spiro atoms. The van der Waals surface area contributed by atoms with E-state index in [0.29, 0.717) is 0 Å². The van der Waals surface area contributed by atoms with Crippen molar-refractivity contribution < 1.29 is 20.4 Å². The zero-order valence-corrected chi connectivity index (χ0v) is 5.77. The minimum Gasteiger partial charge on any atom is -0.396 e. The standard InChI is InChI=1S/C6H14O4/c7-1-5(2-8)6(3-9)4-10/h5-10H,1-4H2. The molecule has 0 heterocycles. The zero-order chi connectivity index (χ0) is 7.98. The molecule has 0 aromatic heterocycles. The summed E-state index contributed by atoms with van der Waals surface area (Å²) in [7, 11) is 0. The van der Waals surface area contributed by atoms with E-state index >= 15 is 0 Å². The van der Waals surface area contributed by atoms with E-state index in [0.717, 1.165) is 0 Å². The molecule has 0 saturated heterocycles. The average molecular weight is 150 g/mol. The Labute approximate surface area is 59.7 Å². The average Bonchev–Trinajstić information content (AvgIpc) is 2.00. The van der Waals surface area contributed by atoms with Crippen molar-refractivity contribution in [3.8, 4) is 0 Å². The number of hydrogen-bond acceptors (Lipinski definition) is 4. The number of aliphatic hydroxyl groups excluding tert-OH is 4. The third-order valence-electron chi connectivity index (χ3n) is 1.60. The van der Waals surface area contributed by atoms with Crippen molar-refractivity contribution in [3.63, 3.8) is 0 Å². The number of hydrogen-bond donors (Lipinski definition) is 4. The molecule has 0 fully saturated rings. The molecular formula is C6H14O4. The Bertz CT molecular complexity index is 58.1. The van der Waals surface area contributed by atoms with E-state index in [-0.39, 0.29) is 26.4 Å². The first-order chi connectivity index (χ1) is 4.79. The van der Waals surface area contributed by atoms with Crippen molar-refractivity contribution in [2.24, 2.45) is 11.8 Å². The predicted molar refractivity (Wildman–Crippen MR) is 35.3 cm³/mol. The van der Waals surface area contributed by atoms with E-state index in [4.69, 9.17) is 20.4 Å². The lowest BCUT2D eigenvalue weighted by atomic mass is 9.95. The van der Waals surface area contributed by atoms with Crippen molar-refractivity contribution in [3.05, 3.63) is 0 Å². The fourth-order valence-electron chi connectivity index (χ4n) is 0.712. The molecule has 0 radical (unpaired) electrons. The molecule has 4 heteroatoms. The third kappa shape index (κ3) is 2.62. The summed E-state index contributed by atoms with van der Waals surface area (Å²) in [5.74, 6) is -0.815. The Morgan fingerprint density at radius 1 is 0.600 bits per heavy atom. The van der Waals surface area contributed by atoms with E-state index in [9.17, 15) is 0 Å². The molecule has 10 heavy (non-hydrogen) atoms. The van der Waals surface area contributed by atoms with Gasteiger partial charge in [0.15, 0.2) is 0 Å². The van der Waals surface area contributed by atoms with Gasteiger partial charge >= 0.3 is 0 Å². The molecule has 0 bridgehead atoms. The van der Waals surface area contributed by atoms with Crippen LogP contribution in [0.1, 0.15) is 0 Å². The summed E-state index contributed by atoms with van der Waals surface area (Å²) in [6.07, 6.45) is 0. The molecule has 0 unspecified atom stereocenters. The zero-order valence-electron chi connectivity index (χ0n) is 5.77. The van der Waals surface area contributed by atoms with E-state index in [2.05, 4.69) is 0 Å². The fraction of sp³-hybridized carbons (Fsp3) is 1.00. The quantitative estimate of drug-likeness (QED) is 0.372. The van der Waals surface area contributed by atoms with Crippen LogP contribution in [0.15, 0.2) is 0 Å². The maximum Gasteiger partial charge on any atom is 0.0485 e. The van der Waals surface area contributed by atoms with Gasteiger partial charge in [0, 0.05) is 38.3 Å². The van der Waals surface area contributed by atoms with Gasteiger partial charge in [-0.25, -0.2) is 0 Å². The van der Waals surface area contributed by atoms with E-state index in [1.165, 1.54) is 0 Å². The van der Waals surface area contributed by atoms with Gasteiger partial charge < -0.3 is 20.4 Å². The van der Waals surface area contributed by atoms with Crippen molar-refractivity contribution in [2.45, 2.75) is 0 Å². The van der Waals surface area contributed by atoms with Crippen LogP contribution >= 0.6 is 0 Å². The van der Waals surface area contributed by atoms with Gasteiger partial charge in [-0.3, -0.25) is 0 Å². The number of aliphatic hydroxyl groups is 4. The highest BCUT2D eigenvalue weighted by Gasteiger charge is 2.17. The largest absolute Gasteiger partial charge is 0.396 e. The Kier molecular flexibility index (Phi) is 5.52. The van der Waals surface area contributed by atoms with Crippen LogP contribution in [0.2, 0.25) is 0 Å². The molecule has 0 aliphatic heterocycles. The summed E-state index contributed by atoms with van der Waals surface area (Å²) in [6, 6.07) is 0. The van der Waals surface area contributed by atoms with E-state index < -0.39 is 11.8 Å². The predicted octanol–water partition coefficient (Wildman–Crippen LogP) is -1.81. The Hall–Kier alpha value is -0.160. The highest BCUT2D eigenvalue weighted by atomic mass is 16.3. The first-order valence-electron chi connectivity index (χ1n) is 3.23. The SMILES string of the molecule is OCC(CO)C(CO)CO. The van der Waals surface area contributed by atoms with Crippen LogP contribution in [0.25, 0.3) is 0 Å². The molecule has 62 valence electrons. The molecule has 0 aliphatic rings. The molecule has 0 aliphatic carbocycles. The topological polar surface area (TPSA) is 80.9 Å². The van der Waals surface area contributed by atoms with E-state index in [1.807, 2.05) is 0 Å². The summed E-state index contributed by atoms with van der Waals surface area (Å²) in [6.45, 7) is -0.824. The second-order valence-corrected chi connectivity index (χ2v) is 2.25. The second-order valence-electron chi connectivity index (χ2n) is 2.25. The van der Waals surface area contributed by atoms with Gasteiger partial charge in [0.2, 0.25) is 0 Å². The lowest BCUT2D eigenvalue weighted by Crippen LogP contribution is -2.27. The van der Waals surface area contributed by atoms with Crippen LogP contribution in [-0.2, 0) is 0 Å². The molecule has 0 aromatic rings. The summed E-state index contributed by atoms with van der Waals surface area (Å²) in [5, 5.41) is 34.3. The van der Waals surface area contributed by atoms with Crippen molar-refractivity contribution in [2.75, 3.05) is 26.4 Å². The molecule has 0 saturated carbocycles. The lowest BCUT2D eigenvalue weighted by Gasteiger charge is -2.18. The lowest BCUT2D eigenvalue weighted by molar-refractivity contribution is 0.0411. The minimum atomic E-state index is -0.407. The molecular weight excluding hydrogens is 136 g/mol. The van der Waals surface area contributed by atoms with Gasteiger partial charge in [-0.15, -0.1) is 0 Å². The van der Waals surface area contributed by atoms with Crippen LogP contribution in [0.4, 0.5) is 0 Å². The normalized spacial score (nSPS) is 11.4. The first-order valence-corrected chi connectivity index (χ1v) is 3.23. The van der Waals surface area contributed by atoms with E-state index in [1.54, 1.807) is 0 Å². The van der Waals surface area contributed by atoms with Crippen LogP contribution in [0.5, 0.6) is 0 Å². The molecule has 0 atom stereocenters. The van der Waals surface area contributed by atoms with Gasteiger partial charge in [0.05, 0.1) is 0 Å². The Morgan fingerprint density at radius 2 is 0.800 bits per heavy atom. The molecule has 4 N–H and O–H groups in total. The minimum absolute atomic E-state index is 0.206. The summed E-state index contributed by atoms with van der Waals surface area (Å²) < 4.78 is 0. The maximum absolute atomic E-state index is 8.58. The summed E-state index contributed by atoms with van der Waals surface area (Å²) in [5.41, 5.74) is 0. The van der Waals surface area contributed by atoms with Crippen LogP contribution in [-0.4, -0.2) is 46.9 Å². The van der Waals surface area contributed by atoms with Crippen molar-refractivity contribution in [1.82, 2.24) is 0 Å². The number of rotatable bonds is 5. The third-order valence-corrected chi connectivity index (χ3v) is 1.60. The summed E-state index contributed by atoms with van der Waals surface area (Å²) in [4.78, 5) is 0. The fourth-order valence-corrected chi connectivity index (χ4v) is 0.712. The highest BCUT2D eigenvalue weighted by Crippen LogP contribution is 2.08. The highest BCUT2D eigenvalue weighted by molar-refractivity contribution is 4.66. The smallest absolute Gasteiger partial charge is 0.0485 e.